The summed E-state index contributed by atoms with van der Waals surface area (Å²) in [5.74, 6) is 1.29. The summed E-state index contributed by atoms with van der Waals surface area (Å²) in [4.78, 5) is 16.6. The van der Waals surface area contributed by atoms with Crippen LogP contribution in [0, 0.1) is 6.92 Å². The Morgan fingerprint density at radius 2 is 2.08 bits per heavy atom. The molecule has 1 heterocycles. The van der Waals surface area contributed by atoms with E-state index in [1.807, 2.05) is 49.4 Å². The van der Waals surface area contributed by atoms with Gasteiger partial charge < -0.3 is 15.1 Å². The van der Waals surface area contributed by atoms with Gasteiger partial charge >= 0.3 is 6.03 Å². The summed E-state index contributed by atoms with van der Waals surface area (Å²) >= 11 is 0. The fourth-order valence-electron chi connectivity index (χ4n) is 2.69. The quantitative estimate of drug-likeness (QED) is 0.751. The third-order valence-electron chi connectivity index (χ3n) is 4.29. The Morgan fingerprint density at radius 3 is 2.88 bits per heavy atom. The van der Waals surface area contributed by atoms with Crippen molar-refractivity contribution >= 4 is 22.8 Å². The number of carbonyl (C=O) groups excluding carboxylic acids is 1. The molecular weight excluding hydrogens is 302 g/mol. The number of hydrogen-bond acceptors (Lipinski definition) is 3. The van der Waals surface area contributed by atoms with Gasteiger partial charge in [-0.1, -0.05) is 24.3 Å². The zero-order valence-electron chi connectivity index (χ0n) is 13.5. The molecule has 2 aromatic carbocycles. The molecule has 1 fully saturated rings. The number of amides is 2. The number of carbonyl (C=O) groups is 1. The van der Waals surface area contributed by atoms with Gasteiger partial charge in [0.15, 0.2) is 11.5 Å². The number of anilines is 1. The van der Waals surface area contributed by atoms with E-state index in [0.29, 0.717) is 18.2 Å². The van der Waals surface area contributed by atoms with Crippen molar-refractivity contribution in [2.24, 2.45) is 0 Å². The number of aromatic nitrogens is 1. The highest BCUT2D eigenvalue weighted by molar-refractivity contribution is 5.91. The van der Waals surface area contributed by atoms with E-state index in [-0.39, 0.29) is 6.03 Å². The Hall–Kier alpha value is -2.82. The molecule has 2 amide bonds. The number of nitrogens with one attached hydrogen (secondary N) is 2. The lowest BCUT2D eigenvalue weighted by molar-refractivity contribution is 0.251. The first kappa shape index (κ1) is 14.8. The predicted molar refractivity (Wildman–Crippen MR) is 93.0 cm³/mol. The fraction of sp³-hybridized carbons (Fsp3) is 0.263. The predicted octanol–water partition coefficient (Wildman–Crippen LogP) is 4.34. The van der Waals surface area contributed by atoms with E-state index in [4.69, 9.17) is 4.42 Å². The molecule has 0 spiro atoms. The number of oxazole rings is 1. The van der Waals surface area contributed by atoms with Crippen molar-refractivity contribution in [3.05, 3.63) is 59.5 Å². The van der Waals surface area contributed by atoms with Crippen molar-refractivity contribution in [1.29, 1.82) is 0 Å². The van der Waals surface area contributed by atoms with Crippen LogP contribution in [0.15, 0.2) is 46.9 Å². The average molecular weight is 321 g/mol. The second kappa shape index (κ2) is 6.00. The number of fused-ring (bicyclic) bond motifs is 1. The van der Waals surface area contributed by atoms with Gasteiger partial charge in [0.2, 0.25) is 0 Å². The summed E-state index contributed by atoms with van der Waals surface area (Å²) in [6.45, 7) is 2.53. The van der Waals surface area contributed by atoms with E-state index in [1.54, 1.807) is 0 Å². The molecule has 0 radical (unpaired) electrons. The molecule has 1 aliphatic carbocycles. The molecule has 24 heavy (non-hydrogen) atoms. The number of aryl methyl sites for hydroxylation is 1. The summed E-state index contributed by atoms with van der Waals surface area (Å²) in [5.41, 5.74) is 4.53. The van der Waals surface area contributed by atoms with Gasteiger partial charge in [-0.25, -0.2) is 9.78 Å². The highest BCUT2D eigenvalue weighted by atomic mass is 16.3. The van der Waals surface area contributed by atoms with Crippen LogP contribution in [0.3, 0.4) is 0 Å². The number of benzene rings is 2. The monoisotopic (exact) mass is 321 g/mol. The Balaban J connectivity index is 1.41. The van der Waals surface area contributed by atoms with Crippen LogP contribution in [-0.4, -0.2) is 11.0 Å². The first-order chi connectivity index (χ1) is 11.7. The lowest BCUT2D eigenvalue weighted by Crippen LogP contribution is -2.28. The maximum absolute atomic E-state index is 12.1. The Bertz CT molecular complexity index is 897. The van der Waals surface area contributed by atoms with E-state index in [2.05, 4.69) is 15.6 Å². The Morgan fingerprint density at radius 1 is 1.25 bits per heavy atom. The van der Waals surface area contributed by atoms with Crippen LogP contribution in [-0.2, 0) is 6.54 Å². The molecule has 122 valence electrons. The molecule has 0 bridgehead atoms. The topological polar surface area (TPSA) is 67.2 Å². The van der Waals surface area contributed by atoms with E-state index >= 15 is 0 Å². The number of hydrogen-bond donors (Lipinski definition) is 2. The molecule has 0 unspecified atom stereocenters. The highest BCUT2D eigenvalue weighted by Crippen LogP contribution is 2.40. The number of nitrogens with zero attached hydrogens (tertiary/aromatic N) is 1. The van der Waals surface area contributed by atoms with Crippen molar-refractivity contribution in [2.45, 2.75) is 32.2 Å². The first-order valence-corrected chi connectivity index (χ1v) is 8.19. The van der Waals surface area contributed by atoms with Crippen LogP contribution in [0.5, 0.6) is 0 Å². The molecule has 1 aliphatic rings. The van der Waals surface area contributed by atoms with E-state index in [1.165, 1.54) is 0 Å². The van der Waals surface area contributed by atoms with Crippen molar-refractivity contribution in [1.82, 2.24) is 10.3 Å². The van der Waals surface area contributed by atoms with Gasteiger partial charge in [0, 0.05) is 18.2 Å². The van der Waals surface area contributed by atoms with Gasteiger partial charge in [0.25, 0.3) is 0 Å². The van der Waals surface area contributed by atoms with Crippen molar-refractivity contribution in [2.75, 3.05) is 5.32 Å². The van der Waals surface area contributed by atoms with Gasteiger partial charge in [-0.2, -0.15) is 0 Å². The zero-order valence-corrected chi connectivity index (χ0v) is 13.5. The number of urea groups is 1. The Labute approximate surface area is 140 Å². The highest BCUT2D eigenvalue weighted by Gasteiger charge is 2.28. The van der Waals surface area contributed by atoms with Crippen molar-refractivity contribution < 1.29 is 9.21 Å². The summed E-state index contributed by atoms with van der Waals surface area (Å²) in [7, 11) is 0. The van der Waals surface area contributed by atoms with E-state index in [0.717, 1.165) is 41.0 Å². The second-order valence-electron chi connectivity index (χ2n) is 6.24. The largest absolute Gasteiger partial charge is 0.440 e. The van der Waals surface area contributed by atoms with Gasteiger partial charge in [-0.15, -0.1) is 0 Å². The minimum atomic E-state index is -0.233. The molecule has 0 aliphatic heterocycles. The lowest BCUT2D eigenvalue weighted by atomic mass is 10.1. The van der Waals surface area contributed by atoms with Gasteiger partial charge in [0.1, 0.15) is 5.52 Å². The molecule has 1 aromatic heterocycles. The number of rotatable bonds is 4. The van der Waals surface area contributed by atoms with Crippen molar-refractivity contribution in [3.63, 3.8) is 0 Å². The summed E-state index contributed by atoms with van der Waals surface area (Å²) in [6.07, 6.45) is 2.30. The third-order valence-corrected chi connectivity index (χ3v) is 4.29. The summed E-state index contributed by atoms with van der Waals surface area (Å²) in [5, 5.41) is 5.72. The van der Waals surface area contributed by atoms with Crippen molar-refractivity contribution in [3.8, 4) is 0 Å². The van der Waals surface area contributed by atoms with Gasteiger partial charge in [-0.05, 0) is 49.1 Å². The normalized spacial score (nSPS) is 13.9. The fourth-order valence-corrected chi connectivity index (χ4v) is 2.69. The van der Waals surface area contributed by atoms with E-state index in [9.17, 15) is 4.79 Å². The maximum atomic E-state index is 12.1. The molecule has 2 N–H and O–H groups in total. The summed E-state index contributed by atoms with van der Waals surface area (Å²) < 4.78 is 5.73. The molecule has 1 saturated carbocycles. The third kappa shape index (κ3) is 3.11. The van der Waals surface area contributed by atoms with Crippen LogP contribution in [0.1, 0.15) is 35.8 Å². The minimum Gasteiger partial charge on any atom is -0.440 e. The first-order valence-electron chi connectivity index (χ1n) is 8.19. The van der Waals surface area contributed by atoms with Gasteiger partial charge in [-0.3, -0.25) is 0 Å². The second-order valence-corrected chi connectivity index (χ2v) is 6.24. The maximum Gasteiger partial charge on any atom is 0.319 e. The molecule has 5 nitrogen and oxygen atoms in total. The molecule has 5 heteroatoms. The molecule has 3 aromatic rings. The standard InChI is InChI=1S/C19H19N3O2/c1-12-4-2-3-5-14(12)11-20-19(23)21-15-8-9-17-16(10-15)22-18(24-17)13-6-7-13/h2-5,8-10,13H,6-7,11H2,1H3,(H2,20,21,23). The van der Waals surface area contributed by atoms with Crippen LogP contribution >= 0.6 is 0 Å². The van der Waals surface area contributed by atoms with Gasteiger partial charge in [0.05, 0.1) is 0 Å². The summed E-state index contributed by atoms with van der Waals surface area (Å²) in [6, 6.07) is 13.3. The molecular formula is C19H19N3O2. The Kier molecular flexibility index (Phi) is 3.69. The van der Waals surface area contributed by atoms with Crippen LogP contribution < -0.4 is 10.6 Å². The molecule has 0 saturated heterocycles. The van der Waals surface area contributed by atoms with Crippen LogP contribution in [0.2, 0.25) is 0 Å². The SMILES string of the molecule is Cc1ccccc1CNC(=O)Nc1ccc2oc(C3CC3)nc2c1. The minimum absolute atomic E-state index is 0.233. The smallest absolute Gasteiger partial charge is 0.319 e. The molecule has 0 atom stereocenters. The van der Waals surface area contributed by atoms with Crippen LogP contribution in [0.25, 0.3) is 11.1 Å². The lowest BCUT2D eigenvalue weighted by Gasteiger charge is -2.09. The zero-order chi connectivity index (χ0) is 16.5. The van der Waals surface area contributed by atoms with E-state index < -0.39 is 0 Å². The van der Waals surface area contributed by atoms with Crippen LogP contribution in [0.4, 0.5) is 10.5 Å². The average Bonchev–Trinajstić information content (AvgIpc) is 3.34. The molecule has 4 rings (SSSR count).